The topological polar surface area (TPSA) is 0 Å². The molecule has 0 aromatic heterocycles. The minimum absolute atomic E-state index is 0.471. The van der Waals surface area contributed by atoms with Gasteiger partial charge >= 0.3 is 0 Å². The van der Waals surface area contributed by atoms with E-state index in [1.54, 1.807) is 0 Å². The van der Waals surface area contributed by atoms with Crippen LogP contribution in [0.3, 0.4) is 0 Å². The number of rotatable bonds is 0. The summed E-state index contributed by atoms with van der Waals surface area (Å²) in [4.78, 5) is 1.24. The molecule has 2 heteroatoms. The minimum Gasteiger partial charge on any atom is -0.170 e. The molecule has 9 heavy (non-hydrogen) atoms. The highest BCUT2D eigenvalue weighted by Crippen LogP contribution is 2.45. The van der Waals surface area contributed by atoms with E-state index in [1.165, 1.54) is 24.1 Å². The molecule has 2 saturated carbocycles. The van der Waals surface area contributed by atoms with Crippen LogP contribution in [0, 0.1) is 11.8 Å². The molecule has 0 aromatic rings. The van der Waals surface area contributed by atoms with Crippen molar-refractivity contribution in [3.8, 4) is 0 Å². The molecule has 0 nitrogen and oxygen atoms in total. The van der Waals surface area contributed by atoms with Gasteiger partial charge in [0.15, 0.2) is 0 Å². The summed E-state index contributed by atoms with van der Waals surface area (Å²) < 4.78 is 0. The molecule has 3 atom stereocenters. The van der Waals surface area contributed by atoms with E-state index >= 15 is 0 Å². The molecule has 0 aliphatic heterocycles. The van der Waals surface area contributed by atoms with Gasteiger partial charge in [-0.3, -0.25) is 0 Å². The second-order valence-electron chi connectivity index (χ2n) is 3.12. The first-order valence-electron chi connectivity index (χ1n) is 3.51. The Hall–Kier alpha value is 0.440. The minimum atomic E-state index is 0.471. The summed E-state index contributed by atoms with van der Waals surface area (Å²) in [5.74, 6) is 1.61. The lowest BCUT2D eigenvalue weighted by Gasteiger charge is -2.16. The predicted octanol–water partition coefficient (Wildman–Crippen LogP) is 2.08. The Kier molecular flexibility index (Phi) is 1.34. The average Bonchev–Trinajstić information content (AvgIpc) is 2.37. The van der Waals surface area contributed by atoms with E-state index in [-0.39, 0.29) is 0 Å². The van der Waals surface area contributed by atoms with Crippen molar-refractivity contribution in [3.63, 3.8) is 0 Å². The van der Waals surface area contributed by atoms with Gasteiger partial charge in [0.25, 0.3) is 0 Å². The third-order valence-corrected chi connectivity index (χ3v) is 4.08. The molecule has 0 saturated heterocycles. The van der Waals surface area contributed by atoms with Gasteiger partial charge in [-0.05, 0) is 31.1 Å². The van der Waals surface area contributed by atoms with Crippen LogP contribution in [0.4, 0.5) is 0 Å². The molecule has 2 aliphatic carbocycles. The Morgan fingerprint density at radius 3 is 2.56 bits per heavy atom. The van der Waals surface area contributed by atoms with Crippen molar-refractivity contribution in [2.24, 2.45) is 11.8 Å². The van der Waals surface area contributed by atoms with Crippen LogP contribution in [0.15, 0.2) is 0 Å². The smallest absolute Gasteiger partial charge is 0.0361 e. The highest BCUT2D eigenvalue weighted by molar-refractivity contribution is 7.86. The van der Waals surface area contributed by atoms with E-state index in [1.807, 2.05) is 0 Å². The Morgan fingerprint density at radius 2 is 2.22 bits per heavy atom. The molecule has 2 rings (SSSR count). The first kappa shape index (κ1) is 6.17. The summed E-state index contributed by atoms with van der Waals surface area (Å²) in [6.45, 7) is 0. The second-order valence-corrected chi connectivity index (χ2v) is 4.15. The number of thiocarbonyl (C=S) groups is 1. The van der Waals surface area contributed by atoms with E-state index in [0.29, 0.717) is 5.25 Å². The Morgan fingerprint density at radius 1 is 1.44 bits per heavy atom. The van der Waals surface area contributed by atoms with Gasteiger partial charge in [0.1, 0.15) is 0 Å². The molecule has 0 aromatic carbocycles. The van der Waals surface area contributed by atoms with Gasteiger partial charge in [0, 0.05) is 10.1 Å². The Bertz CT molecular complexity index is 149. The van der Waals surface area contributed by atoms with Gasteiger partial charge in [-0.25, -0.2) is 0 Å². The average molecular weight is 158 g/mol. The molecular weight excluding hydrogens is 148 g/mol. The lowest BCUT2D eigenvalue weighted by molar-refractivity contribution is 0.606. The Balaban J connectivity index is 2.25. The normalized spacial score (nSPS) is 48.6. The molecule has 0 spiro atoms. The molecule has 2 fully saturated rings. The van der Waals surface area contributed by atoms with Gasteiger partial charge in [-0.1, -0.05) is 12.2 Å². The largest absolute Gasteiger partial charge is 0.170 e. The highest BCUT2D eigenvalue weighted by atomic mass is 32.1. The number of hydrogen-bond acceptors (Lipinski definition) is 2. The fraction of sp³-hybridized carbons (Fsp3) is 0.857. The van der Waals surface area contributed by atoms with Crippen LogP contribution in [0.25, 0.3) is 0 Å². The maximum Gasteiger partial charge on any atom is 0.0361 e. The van der Waals surface area contributed by atoms with Crippen molar-refractivity contribution in [2.45, 2.75) is 24.5 Å². The number of fused-ring (bicyclic) bond motifs is 2. The van der Waals surface area contributed by atoms with E-state index in [2.05, 4.69) is 12.6 Å². The summed E-state index contributed by atoms with van der Waals surface area (Å²) in [5.41, 5.74) is 0. The monoisotopic (exact) mass is 158 g/mol. The summed E-state index contributed by atoms with van der Waals surface area (Å²) in [6.07, 6.45) is 4.06. The van der Waals surface area contributed by atoms with E-state index in [0.717, 1.165) is 11.8 Å². The maximum atomic E-state index is 5.22. The molecule has 3 unspecified atom stereocenters. The van der Waals surface area contributed by atoms with E-state index in [4.69, 9.17) is 12.2 Å². The standard InChI is InChI=1S/C7H10S2/c8-6-4-1-2-5(3-4)7(6)9/h4-6,8H,1-3H2. The highest BCUT2D eigenvalue weighted by Gasteiger charge is 2.41. The quantitative estimate of drug-likeness (QED) is 0.416. The zero-order valence-electron chi connectivity index (χ0n) is 5.21. The van der Waals surface area contributed by atoms with Crippen molar-refractivity contribution in [1.82, 2.24) is 0 Å². The Labute approximate surface area is 66.4 Å². The van der Waals surface area contributed by atoms with Gasteiger partial charge in [0.05, 0.1) is 0 Å². The SMILES string of the molecule is S=C1C2CCC(C2)C1S. The van der Waals surface area contributed by atoms with Gasteiger partial charge in [0.2, 0.25) is 0 Å². The van der Waals surface area contributed by atoms with E-state index in [9.17, 15) is 0 Å². The lowest BCUT2D eigenvalue weighted by atomic mass is 10.0. The molecular formula is C7H10S2. The van der Waals surface area contributed by atoms with Crippen LogP contribution < -0.4 is 0 Å². The van der Waals surface area contributed by atoms with Gasteiger partial charge in [-0.15, -0.1) is 0 Å². The first-order chi connectivity index (χ1) is 4.29. The van der Waals surface area contributed by atoms with E-state index < -0.39 is 0 Å². The molecule has 2 bridgehead atoms. The van der Waals surface area contributed by atoms with Gasteiger partial charge in [-0.2, -0.15) is 12.6 Å². The van der Waals surface area contributed by atoms with Crippen molar-refractivity contribution in [3.05, 3.63) is 0 Å². The summed E-state index contributed by atoms with van der Waals surface area (Å²) >= 11 is 9.67. The predicted molar refractivity (Wildman–Crippen MR) is 46.2 cm³/mol. The molecule has 50 valence electrons. The molecule has 0 heterocycles. The van der Waals surface area contributed by atoms with Crippen LogP contribution in [0.2, 0.25) is 0 Å². The molecule has 2 aliphatic rings. The summed E-state index contributed by atoms with van der Waals surface area (Å²) in [6, 6.07) is 0. The number of thiol groups is 1. The fourth-order valence-electron chi connectivity index (χ4n) is 2.04. The van der Waals surface area contributed by atoms with Crippen LogP contribution in [0.5, 0.6) is 0 Å². The third-order valence-electron chi connectivity index (χ3n) is 2.61. The van der Waals surface area contributed by atoms with Crippen molar-refractivity contribution >= 4 is 29.7 Å². The van der Waals surface area contributed by atoms with Crippen LogP contribution in [-0.4, -0.2) is 10.1 Å². The molecule has 0 radical (unpaired) electrons. The fourth-order valence-corrected chi connectivity index (χ4v) is 2.92. The molecule has 0 N–H and O–H groups in total. The van der Waals surface area contributed by atoms with Crippen LogP contribution in [0.1, 0.15) is 19.3 Å². The summed E-state index contributed by atoms with van der Waals surface area (Å²) in [5, 5.41) is 0.471. The zero-order valence-corrected chi connectivity index (χ0v) is 6.92. The summed E-state index contributed by atoms with van der Waals surface area (Å²) in [7, 11) is 0. The van der Waals surface area contributed by atoms with Crippen LogP contribution in [-0.2, 0) is 0 Å². The van der Waals surface area contributed by atoms with Crippen LogP contribution >= 0.6 is 24.8 Å². The van der Waals surface area contributed by atoms with Gasteiger partial charge < -0.3 is 0 Å². The third kappa shape index (κ3) is 0.761. The molecule has 0 amide bonds. The second kappa shape index (κ2) is 1.96. The maximum absolute atomic E-state index is 5.22. The number of hydrogen-bond donors (Lipinski definition) is 1. The van der Waals surface area contributed by atoms with Crippen molar-refractivity contribution in [2.75, 3.05) is 0 Å². The van der Waals surface area contributed by atoms with Crippen molar-refractivity contribution in [1.29, 1.82) is 0 Å². The lowest BCUT2D eigenvalue weighted by Crippen LogP contribution is -2.20. The first-order valence-corrected chi connectivity index (χ1v) is 4.43. The van der Waals surface area contributed by atoms with Crippen molar-refractivity contribution < 1.29 is 0 Å². The zero-order chi connectivity index (χ0) is 6.43.